The van der Waals surface area contributed by atoms with Crippen molar-refractivity contribution in [1.82, 2.24) is 14.8 Å². The molecule has 7 nitrogen and oxygen atoms in total. The summed E-state index contributed by atoms with van der Waals surface area (Å²) in [6, 6.07) is 12.3. The van der Waals surface area contributed by atoms with E-state index in [-0.39, 0.29) is 5.91 Å². The van der Waals surface area contributed by atoms with Crippen molar-refractivity contribution < 1.29 is 14.3 Å². The van der Waals surface area contributed by atoms with E-state index in [9.17, 15) is 9.59 Å². The summed E-state index contributed by atoms with van der Waals surface area (Å²) < 4.78 is 6.38. The van der Waals surface area contributed by atoms with Gasteiger partial charge in [-0.1, -0.05) is 18.2 Å². The second kappa shape index (κ2) is 6.96. The normalized spacial score (nSPS) is 11.0. The summed E-state index contributed by atoms with van der Waals surface area (Å²) in [6.07, 6.45) is 3.23. The van der Waals surface area contributed by atoms with Gasteiger partial charge in [0.25, 0.3) is 5.91 Å². The highest BCUT2D eigenvalue weighted by Gasteiger charge is 2.15. The van der Waals surface area contributed by atoms with E-state index in [0.29, 0.717) is 28.2 Å². The van der Waals surface area contributed by atoms with Gasteiger partial charge in [-0.15, -0.1) is 0 Å². The van der Waals surface area contributed by atoms with E-state index in [1.165, 1.54) is 13.3 Å². The van der Waals surface area contributed by atoms with E-state index in [2.05, 4.69) is 20.2 Å². The number of nitrogens with zero attached hydrogens (tertiary/aromatic N) is 3. The van der Waals surface area contributed by atoms with Crippen molar-refractivity contribution >= 4 is 23.7 Å². The number of imidazole rings is 1. The van der Waals surface area contributed by atoms with E-state index in [0.717, 1.165) is 0 Å². The predicted octanol–water partition coefficient (Wildman–Crippen LogP) is 2.19. The maximum Gasteiger partial charge on any atom is 0.337 e. The number of aryl methyl sites for hydroxylation is 1. The number of hydrogen-bond acceptors (Lipinski definition) is 5. The van der Waals surface area contributed by atoms with Crippen LogP contribution < -0.4 is 5.43 Å². The summed E-state index contributed by atoms with van der Waals surface area (Å²) in [4.78, 5) is 28.3. The third-order valence-electron chi connectivity index (χ3n) is 3.61. The number of benzene rings is 1. The molecular weight excluding hydrogens is 320 g/mol. The van der Waals surface area contributed by atoms with Crippen LogP contribution in [0.5, 0.6) is 0 Å². The second-order valence-electron chi connectivity index (χ2n) is 5.29. The molecule has 0 aliphatic rings. The molecular formula is C18H16N4O3. The molecule has 0 aliphatic heterocycles. The van der Waals surface area contributed by atoms with Gasteiger partial charge in [-0.05, 0) is 36.8 Å². The first-order valence-electron chi connectivity index (χ1n) is 7.55. The van der Waals surface area contributed by atoms with Crippen LogP contribution in [-0.2, 0) is 4.74 Å². The van der Waals surface area contributed by atoms with E-state index in [1.54, 1.807) is 41.8 Å². The van der Waals surface area contributed by atoms with Gasteiger partial charge in [0.1, 0.15) is 11.3 Å². The van der Waals surface area contributed by atoms with Crippen molar-refractivity contribution in [3.05, 3.63) is 71.2 Å². The first-order chi connectivity index (χ1) is 12.1. The number of pyridine rings is 1. The van der Waals surface area contributed by atoms with Gasteiger partial charge in [0.2, 0.25) is 0 Å². The van der Waals surface area contributed by atoms with Crippen LogP contribution in [0, 0.1) is 6.92 Å². The van der Waals surface area contributed by atoms with E-state index in [4.69, 9.17) is 0 Å². The number of fused-ring (bicyclic) bond motifs is 1. The Kier molecular flexibility index (Phi) is 4.56. The Morgan fingerprint density at radius 2 is 2.08 bits per heavy atom. The highest BCUT2D eigenvalue weighted by molar-refractivity contribution is 5.96. The van der Waals surface area contributed by atoms with Gasteiger partial charge >= 0.3 is 5.97 Å². The molecule has 0 radical (unpaired) electrons. The molecule has 3 aromatic rings. The maximum absolute atomic E-state index is 12.4. The minimum atomic E-state index is -0.430. The second-order valence-corrected chi connectivity index (χ2v) is 5.29. The molecule has 1 aromatic carbocycles. The van der Waals surface area contributed by atoms with Gasteiger partial charge in [0.15, 0.2) is 0 Å². The van der Waals surface area contributed by atoms with Crippen LogP contribution in [0.25, 0.3) is 5.65 Å². The molecule has 0 saturated heterocycles. The fourth-order valence-electron chi connectivity index (χ4n) is 2.47. The van der Waals surface area contributed by atoms with Gasteiger partial charge in [-0.2, -0.15) is 5.10 Å². The number of amides is 1. The van der Waals surface area contributed by atoms with E-state index >= 15 is 0 Å². The predicted molar refractivity (Wildman–Crippen MR) is 92.8 cm³/mol. The first-order valence-corrected chi connectivity index (χ1v) is 7.55. The van der Waals surface area contributed by atoms with Crippen LogP contribution in [0.15, 0.2) is 53.8 Å². The van der Waals surface area contributed by atoms with Crippen LogP contribution in [0.2, 0.25) is 0 Å². The third-order valence-corrected chi connectivity index (χ3v) is 3.61. The van der Waals surface area contributed by atoms with Gasteiger partial charge in [-0.25, -0.2) is 15.2 Å². The Hall–Kier alpha value is -3.48. The molecule has 0 saturated carbocycles. The van der Waals surface area contributed by atoms with E-state index in [1.807, 2.05) is 18.2 Å². The number of methoxy groups -OCH3 is 1. The minimum absolute atomic E-state index is 0.364. The molecule has 7 heteroatoms. The van der Waals surface area contributed by atoms with Crippen LogP contribution in [0.1, 0.15) is 32.1 Å². The van der Waals surface area contributed by atoms with Crippen molar-refractivity contribution in [3.63, 3.8) is 0 Å². The molecule has 0 spiro atoms. The number of ether oxygens (including phenoxy) is 1. The molecule has 0 unspecified atom stereocenters. The third kappa shape index (κ3) is 3.40. The molecule has 2 aromatic heterocycles. The summed E-state index contributed by atoms with van der Waals surface area (Å²) in [6.45, 7) is 1.77. The number of nitrogens with one attached hydrogen (secondary N) is 1. The molecule has 0 bridgehead atoms. The number of aromatic nitrogens is 2. The monoisotopic (exact) mass is 336 g/mol. The largest absolute Gasteiger partial charge is 0.465 e. The standard InChI is InChI=1S/C18H16N4O3/c1-12-16(22-9-4-3-8-15(22)20-12)17(23)21-19-11-13-6-5-7-14(10-13)18(24)25-2/h3-11H,1-2H3,(H,21,23)/b19-11-. The Bertz CT molecular complexity index is 975. The molecule has 3 rings (SSSR count). The fraction of sp³-hybridized carbons (Fsp3) is 0.111. The Labute approximate surface area is 144 Å². The summed E-state index contributed by atoms with van der Waals surface area (Å²) in [5, 5.41) is 3.95. The van der Waals surface area contributed by atoms with Crippen LogP contribution in [0.3, 0.4) is 0 Å². The van der Waals surface area contributed by atoms with Crippen molar-refractivity contribution in [2.75, 3.05) is 7.11 Å². The SMILES string of the molecule is COC(=O)c1cccc(/C=N\NC(=O)c2c(C)nc3ccccn23)c1. The van der Waals surface area contributed by atoms with Gasteiger partial charge in [0, 0.05) is 6.20 Å². The first kappa shape index (κ1) is 16.4. The van der Waals surface area contributed by atoms with Gasteiger partial charge in [0.05, 0.1) is 24.6 Å². The average Bonchev–Trinajstić information content (AvgIpc) is 2.97. The lowest BCUT2D eigenvalue weighted by Crippen LogP contribution is -2.20. The Morgan fingerprint density at radius 3 is 2.88 bits per heavy atom. The molecule has 2 heterocycles. The zero-order valence-corrected chi connectivity index (χ0v) is 13.8. The van der Waals surface area contributed by atoms with Crippen molar-refractivity contribution in [3.8, 4) is 0 Å². The van der Waals surface area contributed by atoms with Crippen molar-refractivity contribution in [2.24, 2.45) is 5.10 Å². The quantitative estimate of drug-likeness (QED) is 0.450. The topological polar surface area (TPSA) is 85.1 Å². The maximum atomic E-state index is 12.4. The molecule has 0 aliphatic carbocycles. The Balaban J connectivity index is 1.77. The highest BCUT2D eigenvalue weighted by atomic mass is 16.5. The summed E-state index contributed by atoms with van der Waals surface area (Å²) in [7, 11) is 1.32. The molecule has 1 amide bonds. The number of hydrazone groups is 1. The Morgan fingerprint density at radius 1 is 1.24 bits per heavy atom. The number of esters is 1. The minimum Gasteiger partial charge on any atom is -0.465 e. The zero-order valence-electron chi connectivity index (χ0n) is 13.8. The van der Waals surface area contributed by atoms with Crippen molar-refractivity contribution in [1.29, 1.82) is 0 Å². The number of rotatable bonds is 4. The number of carbonyl (C=O) groups is 2. The van der Waals surface area contributed by atoms with Crippen LogP contribution >= 0.6 is 0 Å². The smallest absolute Gasteiger partial charge is 0.337 e. The highest BCUT2D eigenvalue weighted by Crippen LogP contribution is 2.11. The molecule has 25 heavy (non-hydrogen) atoms. The van der Waals surface area contributed by atoms with E-state index < -0.39 is 5.97 Å². The van der Waals surface area contributed by atoms with Gasteiger partial charge in [-0.3, -0.25) is 9.20 Å². The van der Waals surface area contributed by atoms with Crippen LogP contribution in [-0.4, -0.2) is 34.6 Å². The fourth-order valence-corrected chi connectivity index (χ4v) is 2.47. The lowest BCUT2D eigenvalue weighted by atomic mass is 10.1. The number of carbonyl (C=O) groups excluding carboxylic acids is 2. The molecule has 0 atom stereocenters. The molecule has 0 fully saturated rings. The zero-order chi connectivity index (χ0) is 17.8. The molecule has 1 N–H and O–H groups in total. The summed E-state index contributed by atoms with van der Waals surface area (Å²) in [5.41, 5.74) is 5.30. The molecule has 126 valence electrons. The average molecular weight is 336 g/mol. The lowest BCUT2D eigenvalue weighted by Gasteiger charge is -2.02. The van der Waals surface area contributed by atoms with Crippen LogP contribution in [0.4, 0.5) is 0 Å². The van der Waals surface area contributed by atoms with Crippen molar-refractivity contribution in [2.45, 2.75) is 6.92 Å². The lowest BCUT2D eigenvalue weighted by molar-refractivity contribution is 0.0600. The number of hydrogen-bond donors (Lipinski definition) is 1. The summed E-state index contributed by atoms with van der Waals surface area (Å²) >= 11 is 0. The summed E-state index contributed by atoms with van der Waals surface area (Å²) in [5.74, 6) is -0.794. The van der Waals surface area contributed by atoms with Gasteiger partial charge < -0.3 is 4.74 Å².